The molecule has 47 heavy (non-hydrogen) atoms. The highest BCUT2D eigenvalue weighted by atomic mass is 19.4. The molecule has 0 amide bonds. The van der Waals surface area contributed by atoms with E-state index in [-0.39, 0.29) is 41.6 Å². The molecule has 1 fully saturated rings. The van der Waals surface area contributed by atoms with Crippen LogP contribution in [-0.4, -0.2) is 78.6 Å². The quantitative estimate of drug-likeness (QED) is 0.286. The summed E-state index contributed by atoms with van der Waals surface area (Å²) in [5.74, 6) is -5.76. The summed E-state index contributed by atoms with van der Waals surface area (Å²) in [7, 11) is 0. The molecule has 1 aliphatic rings. The van der Waals surface area contributed by atoms with Crippen LogP contribution in [0.15, 0.2) is 41.5 Å². The summed E-state index contributed by atoms with van der Waals surface area (Å²) >= 11 is 0. The monoisotopic (exact) mass is 688 g/mol. The maximum absolute atomic E-state index is 13.1. The predicted molar refractivity (Wildman–Crippen MR) is 143 cm³/mol. The van der Waals surface area contributed by atoms with Crippen LogP contribution >= 0.6 is 0 Å². The Balaban J connectivity index is 0.000000459. The molecule has 20 heteroatoms. The van der Waals surface area contributed by atoms with Gasteiger partial charge in [0.2, 0.25) is 0 Å². The average molecular weight is 689 g/mol. The fourth-order valence-electron chi connectivity index (χ4n) is 4.05. The number of aliphatic hydroxyl groups is 1. The summed E-state index contributed by atoms with van der Waals surface area (Å²) in [5, 5.41) is 27.4. The number of ketones is 1. The maximum atomic E-state index is 13.1. The Morgan fingerprint density at radius 1 is 0.957 bits per heavy atom. The number of carboxylic acids is 2. The van der Waals surface area contributed by atoms with Crippen molar-refractivity contribution in [2.24, 2.45) is 0 Å². The summed E-state index contributed by atoms with van der Waals surface area (Å²) < 4.78 is 104. The number of aliphatic hydroxyl groups excluding tert-OH is 1. The Morgan fingerprint density at radius 3 is 2.04 bits per heavy atom. The van der Waals surface area contributed by atoms with Gasteiger partial charge in [-0.25, -0.2) is 19.6 Å². The highest BCUT2D eigenvalue weighted by Crippen LogP contribution is 2.32. The number of alkyl halides is 9. The lowest BCUT2D eigenvalue weighted by atomic mass is 9.97. The van der Waals surface area contributed by atoms with Gasteiger partial charge in [0.1, 0.15) is 0 Å². The molecule has 258 valence electrons. The van der Waals surface area contributed by atoms with E-state index in [1.165, 1.54) is 18.5 Å². The number of hydrogen-bond donors (Lipinski definition) is 4. The second kappa shape index (κ2) is 15.3. The third-order valence-electron chi connectivity index (χ3n) is 6.29. The maximum Gasteiger partial charge on any atom is 0.490 e. The number of aromatic nitrogens is 3. The fourth-order valence-corrected chi connectivity index (χ4v) is 4.05. The summed E-state index contributed by atoms with van der Waals surface area (Å²) in [5.41, 5.74) is -0.0498. The normalized spacial score (nSPS) is 16.7. The van der Waals surface area contributed by atoms with Gasteiger partial charge in [-0.3, -0.25) is 14.2 Å². The van der Waals surface area contributed by atoms with Gasteiger partial charge in [-0.15, -0.1) is 0 Å². The van der Waals surface area contributed by atoms with Crippen molar-refractivity contribution in [1.82, 2.24) is 19.9 Å². The average Bonchev–Trinajstić information content (AvgIpc) is 2.95. The molecule has 0 spiro atoms. The molecule has 0 unspecified atom stereocenters. The smallest absolute Gasteiger partial charge is 0.475 e. The molecule has 4 N–H and O–H groups in total. The van der Waals surface area contributed by atoms with Crippen LogP contribution in [0.25, 0.3) is 22.3 Å². The van der Waals surface area contributed by atoms with Crippen molar-refractivity contribution in [3.05, 3.63) is 58.1 Å². The number of halogens is 9. The van der Waals surface area contributed by atoms with Crippen LogP contribution in [0.3, 0.4) is 0 Å². The first-order valence-electron chi connectivity index (χ1n) is 13.1. The molecule has 2 atom stereocenters. The Bertz CT molecular complexity index is 1630. The summed E-state index contributed by atoms with van der Waals surface area (Å²) in [6.07, 6.45) is -12.5. The van der Waals surface area contributed by atoms with Gasteiger partial charge in [-0.2, -0.15) is 39.5 Å². The van der Waals surface area contributed by atoms with Crippen LogP contribution in [0.5, 0.6) is 0 Å². The Morgan fingerprint density at radius 2 is 1.53 bits per heavy atom. The van der Waals surface area contributed by atoms with Crippen LogP contribution in [0.4, 0.5) is 39.5 Å². The van der Waals surface area contributed by atoms with Crippen LogP contribution in [0, 0.1) is 6.92 Å². The third-order valence-corrected chi connectivity index (χ3v) is 6.29. The number of Topliss-reactive ketones (excluding diaryl/α,β-unsaturated/α-hetero) is 1. The number of rotatable bonds is 5. The van der Waals surface area contributed by atoms with Gasteiger partial charge in [0.05, 0.1) is 35.8 Å². The van der Waals surface area contributed by atoms with E-state index in [4.69, 9.17) is 19.8 Å². The van der Waals surface area contributed by atoms with E-state index in [1.54, 1.807) is 13.0 Å². The lowest BCUT2D eigenvalue weighted by Gasteiger charge is -2.28. The second-order valence-electron chi connectivity index (χ2n) is 9.90. The number of carbonyl (C=O) groups excluding carboxylic acids is 1. The minimum absolute atomic E-state index is 0.0199. The van der Waals surface area contributed by atoms with Crippen LogP contribution in [-0.2, 0) is 27.1 Å². The lowest BCUT2D eigenvalue weighted by molar-refractivity contribution is -0.193. The molecule has 3 heterocycles. The largest absolute Gasteiger partial charge is 0.490 e. The van der Waals surface area contributed by atoms with Gasteiger partial charge in [0, 0.05) is 18.0 Å². The number of aliphatic carboxylic acids is 2. The standard InChI is InChI=1S/C23H23F3N4O3.2C2HF3O2/c1-13-8-17(14-4-2-5-15(9-14)23(24,25)26)29-21-20(13)28-12-30(22(21)33)11-16(31)10-18-19(32)6-3-7-27-18;2*3-2(4,5)1(6)7/h2,4-5,8-9,12,18-19,27,32H,3,6-7,10-11H2,1H3;2*(H,6,7)/t18-,19+;;/m1../s1. The van der Waals surface area contributed by atoms with Gasteiger partial charge in [0.25, 0.3) is 5.56 Å². The molecule has 0 saturated carbocycles. The van der Waals surface area contributed by atoms with Gasteiger partial charge in [0.15, 0.2) is 11.3 Å². The van der Waals surface area contributed by atoms with Gasteiger partial charge in [-0.1, -0.05) is 12.1 Å². The molecular weight excluding hydrogens is 663 g/mol. The van der Waals surface area contributed by atoms with Crippen molar-refractivity contribution < 1.29 is 69.2 Å². The van der Waals surface area contributed by atoms with E-state index in [2.05, 4.69) is 15.3 Å². The Hall–Kier alpha value is -4.59. The topological polar surface area (TPSA) is 172 Å². The van der Waals surface area contributed by atoms with Crippen molar-refractivity contribution in [3.8, 4) is 11.3 Å². The number of aryl methyl sites for hydroxylation is 1. The number of hydrogen-bond acceptors (Lipinski definition) is 8. The van der Waals surface area contributed by atoms with E-state index in [1.807, 2.05) is 0 Å². The first kappa shape index (κ1) is 38.6. The summed E-state index contributed by atoms with van der Waals surface area (Å²) in [6.45, 7) is 2.17. The van der Waals surface area contributed by atoms with Gasteiger partial charge >= 0.3 is 30.5 Å². The summed E-state index contributed by atoms with van der Waals surface area (Å²) in [4.78, 5) is 51.9. The van der Waals surface area contributed by atoms with E-state index in [0.717, 1.165) is 23.1 Å². The minimum Gasteiger partial charge on any atom is -0.475 e. The van der Waals surface area contributed by atoms with Crippen molar-refractivity contribution >= 4 is 28.8 Å². The highest BCUT2D eigenvalue weighted by Gasteiger charge is 2.39. The number of piperidine rings is 1. The molecule has 4 rings (SSSR count). The SMILES string of the molecule is Cc1cc(-c2cccc(C(F)(F)F)c2)nc2c(=O)n(CC(=O)C[C@H]3NCCC[C@@H]3O)cnc12.O=C(O)C(F)(F)F.O=C(O)C(F)(F)F. The van der Waals surface area contributed by atoms with E-state index < -0.39 is 47.7 Å². The van der Waals surface area contributed by atoms with Crippen molar-refractivity contribution in [3.63, 3.8) is 0 Å². The van der Waals surface area contributed by atoms with Crippen LogP contribution in [0.1, 0.15) is 30.4 Å². The summed E-state index contributed by atoms with van der Waals surface area (Å²) in [6, 6.07) is 5.94. The minimum atomic E-state index is -5.08. The first-order chi connectivity index (χ1) is 21.5. The molecule has 3 aromatic rings. The third kappa shape index (κ3) is 11.3. The zero-order chi connectivity index (χ0) is 35.9. The van der Waals surface area contributed by atoms with Crippen molar-refractivity contribution in [2.75, 3.05) is 6.54 Å². The predicted octanol–water partition coefficient (Wildman–Crippen LogP) is 4.12. The van der Waals surface area contributed by atoms with E-state index in [0.29, 0.717) is 24.0 Å². The van der Waals surface area contributed by atoms with Crippen molar-refractivity contribution in [2.45, 2.75) is 63.4 Å². The van der Waals surface area contributed by atoms with E-state index in [9.17, 15) is 54.2 Å². The van der Waals surface area contributed by atoms with Crippen LogP contribution < -0.4 is 10.9 Å². The lowest BCUT2D eigenvalue weighted by Crippen LogP contribution is -2.46. The zero-order valence-corrected chi connectivity index (χ0v) is 23.9. The molecule has 0 aliphatic carbocycles. The van der Waals surface area contributed by atoms with Gasteiger partial charge < -0.3 is 20.6 Å². The molecule has 0 bridgehead atoms. The molecule has 0 radical (unpaired) electrons. The first-order valence-corrected chi connectivity index (χ1v) is 13.1. The molecule has 1 aliphatic heterocycles. The molecule has 1 aromatic carbocycles. The molecule has 11 nitrogen and oxygen atoms in total. The molecule has 2 aromatic heterocycles. The molecule has 1 saturated heterocycles. The number of carboxylic acid groups (broad SMARTS) is 2. The number of fused-ring (bicyclic) bond motifs is 1. The number of carbonyl (C=O) groups is 3. The number of pyridine rings is 1. The number of benzene rings is 1. The Kier molecular flexibility index (Phi) is 12.6. The Labute approximate surface area is 257 Å². The second-order valence-corrected chi connectivity index (χ2v) is 9.90. The highest BCUT2D eigenvalue weighted by molar-refractivity contribution is 5.82. The van der Waals surface area contributed by atoms with Crippen molar-refractivity contribution in [1.29, 1.82) is 0 Å². The number of nitrogens with one attached hydrogen (secondary N) is 1. The van der Waals surface area contributed by atoms with Crippen LogP contribution in [0.2, 0.25) is 0 Å². The zero-order valence-electron chi connectivity index (χ0n) is 23.9. The molecular formula is C27H25F9N4O7. The van der Waals surface area contributed by atoms with Gasteiger partial charge in [-0.05, 0) is 50.1 Å². The fraction of sp³-hybridized carbons (Fsp3) is 0.407. The van der Waals surface area contributed by atoms with E-state index >= 15 is 0 Å². The number of nitrogens with zero attached hydrogens (tertiary/aromatic N) is 3.